The van der Waals surface area contributed by atoms with E-state index in [1.54, 1.807) is 12.1 Å². The van der Waals surface area contributed by atoms with Gasteiger partial charge in [-0.05, 0) is 60.3 Å². The minimum atomic E-state index is -5.33. The van der Waals surface area contributed by atoms with E-state index in [-0.39, 0.29) is 5.56 Å². The van der Waals surface area contributed by atoms with E-state index in [1.165, 1.54) is 18.6 Å². The smallest absolute Gasteiger partial charge is 0.420 e. The van der Waals surface area contributed by atoms with Gasteiger partial charge in [0.25, 0.3) is 0 Å². The summed E-state index contributed by atoms with van der Waals surface area (Å²) in [5, 5.41) is 9.52. The molecule has 164 valence electrons. The first-order valence-corrected chi connectivity index (χ1v) is 10.1. The molecular weight excluding hydrogens is 406 g/mol. The van der Waals surface area contributed by atoms with Gasteiger partial charge in [-0.2, -0.15) is 26.3 Å². The molecule has 1 fully saturated rings. The van der Waals surface area contributed by atoms with E-state index in [0.29, 0.717) is 12.0 Å². The van der Waals surface area contributed by atoms with Gasteiger partial charge in [-0.1, -0.05) is 50.1 Å². The quantitative estimate of drug-likeness (QED) is 0.485. The number of alkyl halides is 6. The van der Waals surface area contributed by atoms with Crippen molar-refractivity contribution in [2.24, 2.45) is 5.92 Å². The molecule has 0 aliphatic heterocycles. The Kier molecular flexibility index (Phi) is 6.39. The average molecular weight is 430 g/mol. The highest BCUT2D eigenvalue weighted by molar-refractivity contribution is 5.72. The zero-order valence-corrected chi connectivity index (χ0v) is 16.6. The number of phenols is 1. The number of benzene rings is 2. The molecule has 1 aliphatic rings. The Morgan fingerprint density at radius 1 is 0.800 bits per heavy atom. The largest absolute Gasteiger partial charge is 0.507 e. The number of hydrogen-bond acceptors (Lipinski definition) is 1. The minimum absolute atomic E-state index is 0.0382. The topological polar surface area (TPSA) is 20.2 Å². The Labute approximate surface area is 171 Å². The molecule has 30 heavy (non-hydrogen) atoms. The first-order valence-electron chi connectivity index (χ1n) is 10.1. The van der Waals surface area contributed by atoms with Crippen LogP contribution in [0.2, 0.25) is 0 Å². The van der Waals surface area contributed by atoms with E-state index >= 15 is 0 Å². The van der Waals surface area contributed by atoms with Gasteiger partial charge in [0.1, 0.15) is 11.3 Å². The second-order valence-electron chi connectivity index (χ2n) is 8.01. The summed E-state index contributed by atoms with van der Waals surface area (Å²) >= 11 is 0. The molecule has 1 aliphatic carbocycles. The van der Waals surface area contributed by atoms with Crippen molar-refractivity contribution in [2.75, 3.05) is 0 Å². The molecule has 3 rings (SSSR count). The molecule has 0 radical (unpaired) electrons. The Hall–Kier alpha value is -2.18. The van der Waals surface area contributed by atoms with E-state index in [2.05, 4.69) is 6.92 Å². The Morgan fingerprint density at radius 3 is 1.87 bits per heavy atom. The molecular formula is C23H24F6O. The summed E-state index contributed by atoms with van der Waals surface area (Å²) < 4.78 is 80.5. The first-order chi connectivity index (χ1) is 14.0. The highest BCUT2D eigenvalue weighted by Gasteiger charge is 2.47. The maximum Gasteiger partial charge on any atom is 0.420 e. The molecule has 0 aromatic heterocycles. The lowest BCUT2D eigenvalue weighted by Gasteiger charge is -2.28. The van der Waals surface area contributed by atoms with Gasteiger partial charge in [-0.3, -0.25) is 0 Å². The molecule has 0 atom stereocenters. The van der Waals surface area contributed by atoms with Crippen LogP contribution in [0.4, 0.5) is 26.3 Å². The van der Waals surface area contributed by atoms with Crippen molar-refractivity contribution in [2.45, 2.75) is 63.7 Å². The number of halogens is 6. The Bertz CT molecular complexity index is 859. The van der Waals surface area contributed by atoms with Crippen LogP contribution in [0.1, 0.15) is 68.1 Å². The zero-order valence-electron chi connectivity index (χ0n) is 16.6. The van der Waals surface area contributed by atoms with Gasteiger partial charge in [0.2, 0.25) is 0 Å². The molecule has 0 amide bonds. The van der Waals surface area contributed by atoms with Crippen LogP contribution in [0.25, 0.3) is 11.1 Å². The molecule has 0 bridgehead atoms. The molecule has 0 spiro atoms. The van der Waals surface area contributed by atoms with E-state index < -0.39 is 34.8 Å². The SMILES string of the molecule is CCCC1CCC(c2ccc(-c3ccc(O)c(C(F)(F)F)c3C(F)(F)F)cc2)CC1. The van der Waals surface area contributed by atoms with Crippen LogP contribution >= 0.6 is 0 Å². The van der Waals surface area contributed by atoms with E-state index in [1.807, 2.05) is 0 Å². The molecule has 1 N–H and O–H groups in total. The average Bonchev–Trinajstić information content (AvgIpc) is 2.67. The van der Waals surface area contributed by atoms with Crippen LogP contribution in [-0.2, 0) is 12.4 Å². The molecule has 2 aromatic rings. The number of aromatic hydroxyl groups is 1. The number of hydrogen-bond donors (Lipinski definition) is 1. The third kappa shape index (κ3) is 4.76. The van der Waals surface area contributed by atoms with Crippen LogP contribution in [0.3, 0.4) is 0 Å². The summed E-state index contributed by atoms with van der Waals surface area (Å²) in [6.45, 7) is 2.16. The fourth-order valence-electron chi connectivity index (χ4n) is 4.54. The summed E-state index contributed by atoms with van der Waals surface area (Å²) in [4.78, 5) is 0. The molecule has 1 saturated carbocycles. The lowest BCUT2D eigenvalue weighted by atomic mass is 9.77. The Morgan fingerprint density at radius 2 is 1.37 bits per heavy atom. The molecule has 2 aromatic carbocycles. The van der Waals surface area contributed by atoms with Crippen molar-refractivity contribution in [3.8, 4) is 16.9 Å². The third-order valence-corrected chi connectivity index (χ3v) is 5.99. The lowest BCUT2D eigenvalue weighted by Crippen LogP contribution is -2.18. The maximum atomic E-state index is 13.6. The van der Waals surface area contributed by atoms with Crippen LogP contribution in [-0.4, -0.2) is 5.11 Å². The van der Waals surface area contributed by atoms with Crippen molar-refractivity contribution in [1.82, 2.24) is 0 Å². The molecule has 0 unspecified atom stereocenters. The van der Waals surface area contributed by atoms with Crippen LogP contribution in [0.5, 0.6) is 5.75 Å². The van der Waals surface area contributed by atoms with E-state index in [0.717, 1.165) is 49.7 Å². The Balaban J connectivity index is 1.94. The summed E-state index contributed by atoms with van der Waals surface area (Å²) in [7, 11) is 0. The second-order valence-corrected chi connectivity index (χ2v) is 8.01. The highest BCUT2D eigenvalue weighted by Crippen LogP contribution is 2.49. The van der Waals surface area contributed by atoms with Gasteiger partial charge < -0.3 is 5.11 Å². The van der Waals surface area contributed by atoms with Gasteiger partial charge in [-0.15, -0.1) is 0 Å². The van der Waals surface area contributed by atoms with Crippen molar-refractivity contribution < 1.29 is 31.4 Å². The van der Waals surface area contributed by atoms with Crippen LogP contribution in [0.15, 0.2) is 36.4 Å². The van der Waals surface area contributed by atoms with Gasteiger partial charge in [0.05, 0.1) is 5.56 Å². The van der Waals surface area contributed by atoms with Crippen molar-refractivity contribution >= 4 is 0 Å². The highest BCUT2D eigenvalue weighted by atomic mass is 19.4. The van der Waals surface area contributed by atoms with Gasteiger partial charge >= 0.3 is 12.4 Å². The molecule has 0 heterocycles. The lowest BCUT2D eigenvalue weighted by molar-refractivity contribution is -0.162. The predicted octanol–water partition coefficient (Wildman–Crippen LogP) is 8.17. The van der Waals surface area contributed by atoms with Crippen molar-refractivity contribution in [3.05, 3.63) is 53.1 Å². The third-order valence-electron chi connectivity index (χ3n) is 5.99. The van der Waals surface area contributed by atoms with E-state index in [4.69, 9.17) is 0 Å². The zero-order chi connectivity index (χ0) is 22.1. The molecule has 1 nitrogen and oxygen atoms in total. The molecule has 0 saturated heterocycles. The summed E-state index contributed by atoms with van der Waals surface area (Å²) in [5.74, 6) is -0.392. The monoisotopic (exact) mass is 430 g/mol. The van der Waals surface area contributed by atoms with Gasteiger partial charge in [-0.25, -0.2) is 0 Å². The maximum absolute atomic E-state index is 13.6. The fourth-order valence-corrected chi connectivity index (χ4v) is 4.54. The normalized spacial score (nSPS) is 20.4. The van der Waals surface area contributed by atoms with Crippen molar-refractivity contribution in [3.63, 3.8) is 0 Å². The number of rotatable bonds is 4. The van der Waals surface area contributed by atoms with E-state index in [9.17, 15) is 31.4 Å². The van der Waals surface area contributed by atoms with Crippen molar-refractivity contribution in [1.29, 1.82) is 0 Å². The van der Waals surface area contributed by atoms with Gasteiger partial charge in [0, 0.05) is 0 Å². The summed E-state index contributed by atoms with van der Waals surface area (Å²) in [5.41, 5.74) is -3.46. The minimum Gasteiger partial charge on any atom is -0.507 e. The van der Waals surface area contributed by atoms with Crippen LogP contribution < -0.4 is 0 Å². The standard InChI is InChI=1S/C23H24F6O/c1-2-3-14-4-6-15(7-5-14)16-8-10-17(11-9-16)18-12-13-19(30)21(23(27,28)29)20(18)22(24,25)26/h8-15,30H,2-7H2,1H3. The predicted molar refractivity (Wildman–Crippen MR) is 103 cm³/mol. The van der Waals surface area contributed by atoms with Gasteiger partial charge in [0.15, 0.2) is 0 Å². The van der Waals surface area contributed by atoms with Crippen LogP contribution in [0, 0.1) is 5.92 Å². The summed E-state index contributed by atoms with van der Waals surface area (Å²) in [6, 6.07) is 7.85. The summed E-state index contributed by atoms with van der Waals surface area (Å²) in [6.07, 6.45) is -4.00. The fraction of sp³-hybridized carbons (Fsp3) is 0.478. The number of phenolic OH excluding ortho intramolecular Hbond substituents is 1. The molecule has 7 heteroatoms. The first kappa shape index (κ1) is 22.5. The second kappa shape index (κ2) is 8.52.